The van der Waals surface area contributed by atoms with Gasteiger partial charge in [0.15, 0.2) is 4.47 Å². The Bertz CT molecular complexity index is 1030. The molecule has 1 aromatic carbocycles. The second kappa shape index (κ2) is 8.63. The largest absolute Gasteiger partial charge is 0.462 e. The molecule has 11 heteroatoms. The lowest BCUT2D eigenvalue weighted by atomic mass is 10.1. The molecule has 0 saturated heterocycles. The van der Waals surface area contributed by atoms with Gasteiger partial charge in [0.25, 0.3) is 5.69 Å². The minimum atomic E-state index is -0.469. The van der Waals surface area contributed by atoms with Gasteiger partial charge in [-0.2, -0.15) is 0 Å². The van der Waals surface area contributed by atoms with Crippen LogP contribution in [0.3, 0.4) is 0 Å². The van der Waals surface area contributed by atoms with Crippen molar-refractivity contribution in [3.8, 4) is 10.6 Å². The van der Waals surface area contributed by atoms with Crippen LogP contribution in [0.2, 0.25) is 4.47 Å². The van der Waals surface area contributed by atoms with E-state index in [0.717, 1.165) is 16.2 Å². The number of nitrogens with zero attached hydrogens (tertiary/aromatic N) is 3. The number of aromatic nitrogens is 2. The standard InChI is InChI=1S/C17H15ClN4O4S2/c1-3-26-16(23)14-9(2)21-15(28-14)12-6-10(22(24)25)4-5-13(12)19-7-11-8-20-17(18)27-11/h4-6,8,19H,3,7H2,1-2H3. The van der Waals surface area contributed by atoms with Crippen molar-refractivity contribution < 1.29 is 14.5 Å². The van der Waals surface area contributed by atoms with Gasteiger partial charge in [-0.1, -0.05) is 11.6 Å². The number of aryl methyl sites for hydroxylation is 1. The van der Waals surface area contributed by atoms with Crippen LogP contribution in [0.1, 0.15) is 27.2 Å². The van der Waals surface area contributed by atoms with Crippen molar-refractivity contribution in [2.75, 3.05) is 11.9 Å². The van der Waals surface area contributed by atoms with Crippen molar-refractivity contribution in [2.24, 2.45) is 0 Å². The first-order chi connectivity index (χ1) is 13.4. The number of nitro benzene ring substituents is 1. The molecule has 3 rings (SSSR count). The van der Waals surface area contributed by atoms with E-state index in [1.807, 2.05) is 0 Å². The highest BCUT2D eigenvalue weighted by Gasteiger charge is 2.21. The number of benzene rings is 1. The van der Waals surface area contributed by atoms with Gasteiger partial charge in [-0.3, -0.25) is 10.1 Å². The molecule has 3 aromatic rings. The second-order valence-corrected chi connectivity index (χ2v) is 8.27. The van der Waals surface area contributed by atoms with E-state index in [1.54, 1.807) is 26.1 Å². The topological polar surface area (TPSA) is 107 Å². The third-order valence-corrected chi connectivity index (χ3v) is 5.97. The van der Waals surface area contributed by atoms with Crippen molar-refractivity contribution in [3.05, 3.63) is 54.4 Å². The molecule has 2 aromatic heterocycles. The molecule has 0 radical (unpaired) electrons. The number of nitro groups is 1. The molecule has 0 aliphatic heterocycles. The molecule has 0 saturated carbocycles. The number of carbonyl (C=O) groups is 1. The summed E-state index contributed by atoms with van der Waals surface area (Å²) in [7, 11) is 0. The fourth-order valence-corrected chi connectivity index (χ4v) is 4.33. The Morgan fingerprint density at radius 1 is 1.39 bits per heavy atom. The van der Waals surface area contributed by atoms with E-state index in [4.69, 9.17) is 16.3 Å². The minimum Gasteiger partial charge on any atom is -0.462 e. The summed E-state index contributed by atoms with van der Waals surface area (Å²) in [6.45, 7) is 4.14. The molecule has 28 heavy (non-hydrogen) atoms. The average Bonchev–Trinajstić information content (AvgIpc) is 3.25. The van der Waals surface area contributed by atoms with Gasteiger partial charge in [0.05, 0.1) is 23.8 Å². The molecule has 0 fully saturated rings. The molecule has 0 atom stereocenters. The van der Waals surface area contributed by atoms with Crippen LogP contribution in [-0.2, 0) is 11.3 Å². The molecule has 0 aliphatic carbocycles. The summed E-state index contributed by atoms with van der Waals surface area (Å²) in [5.74, 6) is -0.456. The summed E-state index contributed by atoms with van der Waals surface area (Å²) in [6, 6.07) is 4.48. The molecule has 2 heterocycles. The van der Waals surface area contributed by atoms with Crippen LogP contribution in [0.4, 0.5) is 11.4 Å². The SMILES string of the molecule is CCOC(=O)c1sc(-c2cc([N+](=O)[O-])ccc2NCc2cnc(Cl)s2)nc1C. The van der Waals surface area contributed by atoms with E-state index in [-0.39, 0.29) is 12.3 Å². The quantitative estimate of drug-likeness (QED) is 0.316. The highest BCUT2D eigenvalue weighted by atomic mass is 35.5. The van der Waals surface area contributed by atoms with Crippen LogP contribution < -0.4 is 5.32 Å². The Kier molecular flexibility index (Phi) is 6.22. The minimum absolute atomic E-state index is 0.0630. The molecule has 0 aliphatic rings. The molecular weight excluding hydrogens is 424 g/mol. The van der Waals surface area contributed by atoms with E-state index in [0.29, 0.717) is 37.8 Å². The van der Waals surface area contributed by atoms with Gasteiger partial charge in [-0.05, 0) is 19.9 Å². The highest BCUT2D eigenvalue weighted by Crippen LogP contribution is 2.36. The molecule has 8 nitrogen and oxygen atoms in total. The first kappa shape index (κ1) is 20.2. The normalized spacial score (nSPS) is 10.7. The maximum absolute atomic E-state index is 12.1. The predicted molar refractivity (Wildman–Crippen MR) is 109 cm³/mol. The van der Waals surface area contributed by atoms with Gasteiger partial charge in [0.1, 0.15) is 9.88 Å². The van der Waals surface area contributed by atoms with Gasteiger partial charge in [0.2, 0.25) is 0 Å². The van der Waals surface area contributed by atoms with Gasteiger partial charge in [-0.15, -0.1) is 22.7 Å². The number of hydrogen-bond acceptors (Lipinski definition) is 9. The van der Waals surface area contributed by atoms with Crippen molar-refractivity contribution in [1.29, 1.82) is 0 Å². The maximum Gasteiger partial charge on any atom is 0.350 e. The van der Waals surface area contributed by atoms with Crippen molar-refractivity contribution in [3.63, 3.8) is 0 Å². The molecule has 0 bridgehead atoms. The van der Waals surface area contributed by atoms with Crippen molar-refractivity contribution in [2.45, 2.75) is 20.4 Å². The van der Waals surface area contributed by atoms with Crippen LogP contribution in [0.25, 0.3) is 10.6 Å². The Morgan fingerprint density at radius 2 is 2.18 bits per heavy atom. The molecule has 1 N–H and O–H groups in total. The Hall–Kier alpha value is -2.56. The number of esters is 1. The number of nitrogens with one attached hydrogen (secondary N) is 1. The van der Waals surface area contributed by atoms with E-state index in [9.17, 15) is 14.9 Å². The van der Waals surface area contributed by atoms with E-state index in [1.165, 1.54) is 23.5 Å². The van der Waals surface area contributed by atoms with Crippen LogP contribution >= 0.6 is 34.3 Å². The molecule has 0 unspecified atom stereocenters. The summed E-state index contributed by atoms with van der Waals surface area (Å²) in [4.78, 5) is 32.5. The van der Waals surface area contributed by atoms with Crippen LogP contribution in [0, 0.1) is 17.0 Å². The lowest BCUT2D eigenvalue weighted by molar-refractivity contribution is -0.384. The first-order valence-corrected chi connectivity index (χ1v) is 10.2. The van der Waals surface area contributed by atoms with Crippen LogP contribution in [0.15, 0.2) is 24.4 Å². The lowest BCUT2D eigenvalue weighted by Crippen LogP contribution is -2.03. The highest BCUT2D eigenvalue weighted by molar-refractivity contribution is 7.17. The molecular formula is C17H15ClN4O4S2. The summed E-state index contributed by atoms with van der Waals surface area (Å²) in [5, 5.41) is 14.9. The Labute approximate surface area is 173 Å². The summed E-state index contributed by atoms with van der Waals surface area (Å²) in [5.41, 5.74) is 1.64. The average molecular weight is 439 g/mol. The van der Waals surface area contributed by atoms with Crippen molar-refractivity contribution in [1.82, 2.24) is 9.97 Å². The zero-order valence-corrected chi connectivity index (χ0v) is 17.3. The van der Waals surface area contributed by atoms with E-state index in [2.05, 4.69) is 15.3 Å². The molecule has 0 amide bonds. The molecule has 146 valence electrons. The number of anilines is 1. The maximum atomic E-state index is 12.1. The van der Waals surface area contributed by atoms with Crippen molar-refractivity contribution >= 4 is 51.6 Å². The number of non-ortho nitro benzene ring substituents is 1. The second-order valence-electron chi connectivity index (χ2n) is 5.57. The smallest absolute Gasteiger partial charge is 0.350 e. The number of halogens is 1. The zero-order chi connectivity index (χ0) is 20.3. The number of rotatable bonds is 7. The van der Waals surface area contributed by atoms with Crippen LogP contribution in [-0.4, -0.2) is 27.5 Å². The first-order valence-electron chi connectivity index (χ1n) is 8.16. The number of carbonyl (C=O) groups excluding carboxylic acids is 1. The summed E-state index contributed by atoms with van der Waals surface area (Å²) in [6.07, 6.45) is 1.66. The van der Waals surface area contributed by atoms with Gasteiger partial charge < -0.3 is 10.1 Å². The van der Waals surface area contributed by atoms with Crippen LogP contribution in [0.5, 0.6) is 0 Å². The number of ether oxygens (including phenoxy) is 1. The Morgan fingerprint density at radius 3 is 2.82 bits per heavy atom. The molecule has 0 spiro atoms. The predicted octanol–water partition coefficient (Wildman–Crippen LogP) is 4.93. The summed E-state index contributed by atoms with van der Waals surface area (Å²) < 4.78 is 5.49. The zero-order valence-electron chi connectivity index (χ0n) is 14.9. The fraction of sp³-hybridized carbons (Fsp3) is 0.235. The number of thiazole rings is 2. The van der Waals surface area contributed by atoms with E-state index < -0.39 is 10.9 Å². The number of hydrogen-bond donors (Lipinski definition) is 1. The summed E-state index contributed by atoms with van der Waals surface area (Å²) >= 11 is 8.34. The third kappa shape index (κ3) is 4.46. The Balaban J connectivity index is 1.97. The van der Waals surface area contributed by atoms with Gasteiger partial charge in [-0.25, -0.2) is 14.8 Å². The lowest BCUT2D eigenvalue weighted by Gasteiger charge is -2.09. The van der Waals surface area contributed by atoms with E-state index >= 15 is 0 Å². The third-order valence-electron chi connectivity index (χ3n) is 3.68. The fourth-order valence-electron chi connectivity index (χ4n) is 2.42. The monoisotopic (exact) mass is 438 g/mol. The van der Waals surface area contributed by atoms with Gasteiger partial charge >= 0.3 is 5.97 Å². The van der Waals surface area contributed by atoms with Gasteiger partial charge in [0, 0.05) is 34.5 Å².